The van der Waals surface area contributed by atoms with Gasteiger partial charge >= 0.3 is 5.97 Å². The van der Waals surface area contributed by atoms with Crippen LogP contribution < -0.4 is 10.1 Å². The summed E-state index contributed by atoms with van der Waals surface area (Å²) in [5.41, 5.74) is 0.161. The number of aryl methyl sites for hydroxylation is 1. The Kier molecular flexibility index (Phi) is 5.06. The number of nitrogens with zero attached hydrogens (tertiary/aromatic N) is 4. The Bertz CT molecular complexity index is 968. The quantitative estimate of drug-likeness (QED) is 0.648. The number of carboxylic acids is 1. The maximum Gasteiger partial charge on any atom is 0.343 e. The zero-order valence-electron chi connectivity index (χ0n) is 14.9. The second kappa shape index (κ2) is 7.44. The summed E-state index contributed by atoms with van der Waals surface area (Å²) in [6, 6.07) is 3.54. The summed E-state index contributed by atoms with van der Waals surface area (Å²) < 4.78 is 25.5. The van der Waals surface area contributed by atoms with E-state index < -0.39 is 11.8 Å². The van der Waals surface area contributed by atoms with Gasteiger partial charge in [0.05, 0.1) is 13.2 Å². The number of methoxy groups -OCH3 is 1. The van der Waals surface area contributed by atoms with E-state index in [2.05, 4.69) is 20.6 Å². The molecule has 0 saturated heterocycles. The zero-order chi connectivity index (χ0) is 19.6. The van der Waals surface area contributed by atoms with Gasteiger partial charge in [0.2, 0.25) is 0 Å². The molecule has 9 nitrogen and oxygen atoms in total. The predicted octanol–water partition coefficient (Wildman–Crippen LogP) is 2.97. The Morgan fingerprint density at radius 3 is 2.93 bits per heavy atom. The van der Waals surface area contributed by atoms with Crippen LogP contribution in [0.25, 0.3) is 11.3 Å². The van der Waals surface area contributed by atoms with Crippen molar-refractivity contribution in [3.63, 3.8) is 0 Å². The Balaban J connectivity index is 1.98. The highest BCUT2D eigenvalue weighted by atomic mass is 19.1. The minimum Gasteiger partial charge on any atom is -0.494 e. The summed E-state index contributed by atoms with van der Waals surface area (Å²) in [5, 5.41) is 20.6. The predicted molar refractivity (Wildman–Crippen MR) is 93.1 cm³/mol. The van der Waals surface area contributed by atoms with Gasteiger partial charge in [0.15, 0.2) is 28.7 Å². The minimum atomic E-state index is -1.23. The monoisotopic (exact) mass is 375 g/mol. The minimum absolute atomic E-state index is 0.00698. The van der Waals surface area contributed by atoms with Gasteiger partial charge in [0.1, 0.15) is 12.2 Å². The summed E-state index contributed by atoms with van der Waals surface area (Å²) in [7, 11) is 1.32. The molecule has 0 aliphatic rings. The van der Waals surface area contributed by atoms with Gasteiger partial charge in [-0.05, 0) is 32.0 Å². The van der Waals surface area contributed by atoms with E-state index in [4.69, 9.17) is 9.26 Å². The number of hydrogen-bond acceptors (Lipinski definition) is 7. The molecule has 2 N–H and O–H groups in total. The molecule has 2 aromatic heterocycles. The SMILES string of the molecule is CCn1ncnc1C(C)Nc1noc(-c2ccc(F)c(OC)c2)c1C(=O)O. The van der Waals surface area contributed by atoms with Gasteiger partial charge in [-0.3, -0.25) is 0 Å². The number of rotatable bonds is 7. The first-order valence-electron chi connectivity index (χ1n) is 8.17. The Morgan fingerprint density at radius 1 is 1.48 bits per heavy atom. The smallest absolute Gasteiger partial charge is 0.343 e. The first-order chi connectivity index (χ1) is 13.0. The van der Waals surface area contributed by atoms with Crippen molar-refractivity contribution in [3.8, 4) is 17.1 Å². The summed E-state index contributed by atoms with van der Waals surface area (Å²) >= 11 is 0. The summed E-state index contributed by atoms with van der Waals surface area (Å²) in [6.07, 6.45) is 1.42. The van der Waals surface area contributed by atoms with Crippen molar-refractivity contribution in [2.75, 3.05) is 12.4 Å². The second-order valence-electron chi connectivity index (χ2n) is 5.69. The van der Waals surface area contributed by atoms with Crippen molar-refractivity contribution >= 4 is 11.8 Å². The van der Waals surface area contributed by atoms with Crippen LogP contribution in [-0.2, 0) is 6.54 Å². The van der Waals surface area contributed by atoms with Gasteiger partial charge < -0.3 is 19.7 Å². The molecule has 1 aromatic carbocycles. The van der Waals surface area contributed by atoms with E-state index in [0.717, 1.165) is 0 Å². The maximum absolute atomic E-state index is 13.6. The van der Waals surface area contributed by atoms with E-state index in [-0.39, 0.29) is 28.9 Å². The molecule has 1 atom stereocenters. The molecule has 0 bridgehead atoms. The summed E-state index contributed by atoms with van der Waals surface area (Å²) in [5.74, 6) is -1.17. The van der Waals surface area contributed by atoms with Crippen LogP contribution in [0.3, 0.4) is 0 Å². The number of aromatic carboxylic acids is 1. The standard InChI is InChI=1S/C17H18FN5O4/c1-4-23-16(19-8-20-23)9(2)21-15-13(17(24)25)14(27-22-15)10-5-6-11(18)12(7-10)26-3/h5-9H,4H2,1-3H3,(H,21,22)(H,24,25). The summed E-state index contributed by atoms with van der Waals surface area (Å²) in [6.45, 7) is 4.34. The van der Waals surface area contributed by atoms with E-state index in [1.165, 1.54) is 31.6 Å². The Labute approximate surface area is 153 Å². The van der Waals surface area contributed by atoms with Crippen molar-refractivity contribution in [1.82, 2.24) is 19.9 Å². The molecule has 0 fully saturated rings. The van der Waals surface area contributed by atoms with Crippen LogP contribution in [0.4, 0.5) is 10.2 Å². The fourth-order valence-corrected chi connectivity index (χ4v) is 2.71. The maximum atomic E-state index is 13.6. The van der Waals surface area contributed by atoms with Crippen LogP contribution >= 0.6 is 0 Å². The molecule has 142 valence electrons. The van der Waals surface area contributed by atoms with Crippen molar-refractivity contribution < 1.29 is 23.6 Å². The lowest BCUT2D eigenvalue weighted by Gasteiger charge is -2.13. The van der Waals surface area contributed by atoms with E-state index in [0.29, 0.717) is 17.9 Å². The van der Waals surface area contributed by atoms with Crippen LogP contribution in [0.2, 0.25) is 0 Å². The molecule has 0 saturated carbocycles. The van der Waals surface area contributed by atoms with Gasteiger partial charge in [-0.25, -0.2) is 18.9 Å². The molecule has 3 aromatic rings. The average molecular weight is 375 g/mol. The third kappa shape index (κ3) is 3.46. The molecule has 0 amide bonds. The molecule has 0 aliphatic carbocycles. The highest BCUT2D eigenvalue weighted by Crippen LogP contribution is 2.33. The molecule has 10 heteroatoms. The Morgan fingerprint density at radius 2 is 2.26 bits per heavy atom. The number of aromatic nitrogens is 4. The summed E-state index contributed by atoms with van der Waals surface area (Å²) in [4.78, 5) is 16.0. The van der Waals surface area contributed by atoms with Gasteiger partial charge in [-0.15, -0.1) is 0 Å². The molecular weight excluding hydrogens is 357 g/mol. The van der Waals surface area contributed by atoms with E-state index in [9.17, 15) is 14.3 Å². The molecule has 3 rings (SSSR count). The highest BCUT2D eigenvalue weighted by molar-refractivity contribution is 5.99. The lowest BCUT2D eigenvalue weighted by atomic mass is 10.1. The number of nitrogens with one attached hydrogen (secondary N) is 1. The molecular formula is C17H18FN5O4. The van der Waals surface area contributed by atoms with Crippen LogP contribution in [-0.4, -0.2) is 38.1 Å². The molecule has 0 aliphatic heterocycles. The topological polar surface area (TPSA) is 115 Å². The normalized spacial score (nSPS) is 12.0. The van der Waals surface area contributed by atoms with E-state index in [1.54, 1.807) is 11.6 Å². The first kappa shape index (κ1) is 18.4. The van der Waals surface area contributed by atoms with Crippen molar-refractivity contribution in [1.29, 1.82) is 0 Å². The van der Waals surface area contributed by atoms with Crippen LogP contribution in [0.5, 0.6) is 5.75 Å². The molecule has 0 spiro atoms. The third-order valence-corrected chi connectivity index (χ3v) is 4.00. The Hall–Kier alpha value is -3.43. The average Bonchev–Trinajstić information content (AvgIpc) is 3.28. The lowest BCUT2D eigenvalue weighted by molar-refractivity contribution is 0.0698. The molecule has 1 unspecified atom stereocenters. The van der Waals surface area contributed by atoms with E-state index >= 15 is 0 Å². The third-order valence-electron chi connectivity index (χ3n) is 4.00. The van der Waals surface area contributed by atoms with Crippen molar-refractivity contribution in [2.45, 2.75) is 26.4 Å². The number of carbonyl (C=O) groups is 1. The number of ether oxygens (including phenoxy) is 1. The number of anilines is 1. The molecule has 27 heavy (non-hydrogen) atoms. The van der Waals surface area contributed by atoms with Crippen molar-refractivity contribution in [2.24, 2.45) is 0 Å². The fraction of sp³-hybridized carbons (Fsp3) is 0.294. The van der Waals surface area contributed by atoms with E-state index in [1.807, 2.05) is 6.92 Å². The number of benzene rings is 1. The molecule has 2 heterocycles. The number of hydrogen-bond donors (Lipinski definition) is 2. The second-order valence-corrected chi connectivity index (χ2v) is 5.69. The number of carboxylic acid groups (broad SMARTS) is 1. The van der Waals surface area contributed by atoms with Gasteiger partial charge in [0, 0.05) is 12.1 Å². The van der Waals surface area contributed by atoms with Gasteiger partial charge in [0.25, 0.3) is 0 Å². The van der Waals surface area contributed by atoms with Gasteiger partial charge in [-0.1, -0.05) is 5.16 Å². The zero-order valence-corrected chi connectivity index (χ0v) is 14.9. The first-order valence-corrected chi connectivity index (χ1v) is 8.17. The van der Waals surface area contributed by atoms with Crippen LogP contribution in [0.15, 0.2) is 29.0 Å². The van der Waals surface area contributed by atoms with Crippen molar-refractivity contribution in [3.05, 3.63) is 41.7 Å². The van der Waals surface area contributed by atoms with Gasteiger partial charge in [-0.2, -0.15) is 5.10 Å². The molecule has 0 radical (unpaired) electrons. The number of halogens is 1. The van der Waals surface area contributed by atoms with Crippen LogP contribution in [0, 0.1) is 5.82 Å². The lowest BCUT2D eigenvalue weighted by Crippen LogP contribution is -2.16. The fourth-order valence-electron chi connectivity index (χ4n) is 2.71. The largest absolute Gasteiger partial charge is 0.494 e. The highest BCUT2D eigenvalue weighted by Gasteiger charge is 2.26. The van der Waals surface area contributed by atoms with Crippen LogP contribution in [0.1, 0.15) is 36.1 Å².